The van der Waals surface area contributed by atoms with Gasteiger partial charge in [0.2, 0.25) is 5.78 Å². The van der Waals surface area contributed by atoms with Gasteiger partial charge < -0.3 is 18.6 Å². The Labute approximate surface area is 168 Å². The van der Waals surface area contributed by atoms with Gasteiger partial charge in [0, 0.05) is 35.9 Å². The van der Waals surface area contributed by atoms with Crippen molar-refractivity contribution in [2.75, 3.05) is 13.7 Å². The van der Waals surface area contributed by atoms with Crippen molar-refractivity contribution >= 4 is 17.7 Å². The summed E-state index contributed by atoms with van der Waals surface area (Å²) in [6, 6.07) is 12.1. The van der Waals surface area contributed by atoms with Gasteiger partial charge in [-0.05, 0) is 56.3 Å². The van der Waals surface area contributed by atoms with Crippen LogP contribution in [0.4, 0.5) is 0 Å². The highest BCUT2D eigenvalue weighted by Crippen LogP contribution is 2.22. The van der Waals surface area contributed by atoms with Gasteiger partial charge in [0.1, 0.15) is 5.69 Å². The molecule has 7 nitrogen and oxygen atoms in total. The lowest BCUT2D eigenvalue weighted by molar-refractivity contribution is 0.0465. The van der Waals surface area contributed by atoms with E-state index < -0.39 is 11.9 Å². The summed E-state index contributed by atoms with van der Waals surface area (Å²) in [5, 5.41) is 0. The smallest absolute Gasteiger partial charge is 0.355 e. The average molecular weight is 394 g/mol. The van der Waals surface area contributed by atoms with Crippen LogP contribution in [0.15, 0.2) is 48.7 Å². The fraction of sp³-hybridized carbons (Fsp3) is 0.227. The summed E-state index contributed by atoms with van der Waals surface area (Å²) in [5.74, 6) is -1.23. The van der Waals surface area contributed by atoms with Crippen LogP contribution in [0.5, 0.6) is 0 Å². The molecule has 2 heterocycles. The summed E-state index contributed by atoms with van der Waals surface area (Å²) < 4.78 is 13.4. The van der Waals surface area contributed by atoms with E-state index in [2.05, 4.69) is 0 Å². The highest BCUT2D eigenvalue weighted by molar-refractivity contribution is 6.00. The van der Waals surface area contributed by atoms with Crippen molar-refractivity contribution in [3.63, 3.8) is 0 Å². The van der Waals surface area contributed by atoms with Crippen molar-refractivity contribution < 1.29 is 23.9 Å². The van der Waals surface area contributed by atoms with E-state index in [4.69, 9.17) is 9.47 Å². The second-order valence-corrected chi connectivity index (χ2v) is 6.66. The molecule has 0 saturated heterocycles. The van der Waals surface area contributed by atoms with Crippen LogP contribution in [0.25, 0.3) is 5.69 Å². The third kappa shape index (κ3) is 3.99. The number of aryl methyl sites for hydroxylation is 2. The van der Waals surface area contributed by atoms with E-state index in [0.29, 0.717) is 16.8 Å². The van der Waals surface area contributed by atoms with Gasteiger partial charge in [-0.1, -0.05) is 0 Å². The van der Waals surface area contributed by atoms with Gasteiger partial charge in [-0.15, -0.1) is 0 Å². The molecular formula is C22H22N2O5. The molecule has 0 bridgehead atoms. The van der Waals surface area contributed by atoms with Crippen molar-refractivity contribution in [3.05, 3.63) is 76.9 Å². The van der Waals surface area contributed by atoms with E-state index in [1.165, 1.54) is 7.11 Å². The molecular weight excluding hydrogens is 372 g/mol. The summed E-state index contributed by atoms with van der Waals surface area (Å²) in [7, 11) is 3.07. The zero-order valence-electron chi connectivity index (χ0n) is 16.8. The maximum atomic E-state index is 12.6. The number of esters is 2. The van der Waals surface area contributed by atoms with Crippen LogP contribution in [0.2, 0.25) is 0 Å². The van der Waals surface area contributed by atoms with Gasteiger partial charge >= 0.3 is 11.9 Å². The van der Waals surface area contributed by atoms with E-state index in [1.54, 1.807) is 60.3 Å². The zero-order valence-corrected chi connectivity index (χ0v) is 16.8. The molecule has 0 aliphatic rings. The minimum atomic E-state index is -0.543. The second-order valence-electron chi connectivity index (χ2n) is 6.66. The van der Waals surface area contributed by atoms with Gasteiger partial charge in [-0.25, -0.2) is 9.59 Å². The van der Waals surface area contributed by atoms with Crippen molar-refractivity contribution in [2.45, 2.75) is 13.8 Å². The minimum Gasteiger partial charge on any atom is -0.465 e. The maximum Gasteiger partial charge on any atom is 0.355 e. The number of hydrogen-bond donors (Lipinski definition) is 0. The number of nitrogens with zero attached hydrogens (tertiary/aromatic N) is 2. The van der Waals surface area contributed by atoms with E-state index in [0.717, 1.165) is 17.1 Å². The molecule has 0 unspecified atom stereocenters. The quantitative estimate of drug-likeness (QED) is 0.474. The monoisotopic (exact) mass is 394 g/mol. The Hall–Kier alpha value is -3.61. The highest BCUT2D eigenvalue weighted by atomic mass is 16.5. The molecule has 0 spiro atoms. The predicted molar refractivity (Wildman–Crippen MR) is 107 cm³/mol. The van der Waals surface area contributed by atoms with Crippen molar-refractivity contribution in [3.8, 4) is 5.69 Å². The van der Waals surface area contributed by atoms with E-state index in [9.17, 15) is 14.4 Å². The van der Waals surface area contributed by atoms with Crippen LogP contribution < -0.4 is 0 Å². The van der Waals surface area contributed by atoms with Crippen molar-refractivity contribution in [1.82, 2.24) is 9.13 Å². The first-order valence-corrected chi connectivity index (χ1v) is 9.02. The molecule has 29 heavy (non-hydrogen) atoms. The Morgan fingerprint density at radius 3 is 2.28 bits per heavy atom. The number of benzene rings is 1. The predicted octanol–water partition coefficient (Wildman–Crippen LogP) is 3.26. The summed E-state index contributed by atoms with van der Waals surface area (Å²) in [5.41, 5.74) is 3.71. The van der Waals surface area contributed by atoms with E-state index in [-0.39, 0.29) is 12.4 Å². The number of ketones is 1. The average Bonchev–Trinajstić information content (AvgIpc) is 3.28. The molecule has 7 heteroatoms. The minimum absolute atomic E-state index is 0.280. The van der Waals surface area contributed by atoms with Gasteiger partial charge in [-0.3, -0.25) is 4.79 Å². The summed E-state index contributed by atoms with van der Waals surface area (Å²) in [6.07, 6.45) is 1.73. The number of aromatic nitrogens is 2. The number of methoxy groups -OCH3 is 1. The van der Waals surface area contributed by atoms with Crippen LogP contribution in [0, 0.1) is 13.8 Å². The second kappa shape index (κ2) is 8.18. The molecule has 2 aromatic heterocycles. The molecule has 0 aliphatic heterocycles. The molecule has 0 saturated carbocycles. The van der Waals surface area contributed by atoms with Gasteiger partial charge in [0.15, 0.2) is 6.61 Å². The van der Waals surface area contributed by atoms with E-state index in [1.807, 2.05) is 18.4 Å². The Bertz CT molecular complexity index is 1070. The fourth-order valence-electron chi connectivity index (χ4n) is 3.26. The largest absolute Gasteiger partial charge is 0.465 e. The lowest BCUT2D eigenvalue weighted by atomic mass is 10.1. The molecule has 150 valence electrons. The molecule has 0 fully saturated rings. The molecule has 3 rings (SSSR count). The molecule has 1 aromatic carbocycles. The lowest BCUT2D eigenvalue weighted by Crippen LogP contribution is -2.16. The van der Waals surface area contributed by atoms with Crippen LogP contribution in [0.1, 0.15) is 42.6 Å². The number of rotatable bonds is 6. The fourth-order valence-corrected chi connectivity index (χ4v) is 3.26. The molecule has 0 N–H and O–H groups in total. The Balaban J connectivity index is 1.78. The van der Waals surface area contributed by atoms with Crippen molar-refractivity contribution in [1.29, 1.82) is 0 Å². The lowest BCUT2D eigenvalue weighted by Gasteiger charge is -2.11. The Morgan fingerprint density at radius 2 is 1.69 bits per heavy atom. The summed E-state index contributed by atoms with van der Waals surface area (Å²) in [4.78, 5) is 36.4. The molecule has 0 radical (unpaired) electrons. The topological polar surface area (TPSA) is 79.5 Å². The first-order valence-electron chi connectivity index (χ1n) is 9.02. The van der Waals surface area contributed by atoms with Crippen molar-refractivity contribution in [2.24, 2.45) is 7.05 Å². The van der Waals surface area contributed by atoms with Gasteiger partial charge in [0.05, 0.1) is 12.7 Å². The van der Waals surface area contributed by atoms with Crippen LogP contribution in [-0.4, -0.2) is 40.6 Å². The summed E-state index contributed by atoms with van der Waals surface area (Å²) in [6.45, 7) is 3.37. The standard InChI is InChI=1S/C22H22N2O5/c1-14-12-18(20(25)13-29-22(27)19-6-5-11-23(19)3)15(2)24(14)17-9-7-16(8-10-17)21(26)28-4/h5-12H,13H2,1-4H3. The normalized spacial score (nSPS) is 10.6. The number of ether oxygens (including phenoxy) is 2. The third-order valence-electron chi connectivity index (χ3n) is 4.77. The van der Waals surface area contributed by atoms with Gasteiger partial charge in [0.25, 0.3) is 0 Å². The molecule has 0 amide bonds. The Morgan fingerprint density at radius 1 is 1.00 bits per heavy atom. The SMILES string of the molecule is COC(=O)c1ccc(-n2c(C)cc(C(=O)COC(=O)c3cccn3C)c2C)cc1. The van der Waals surface area contributed by atoms with Crippen LogP contribution in [0.3, 0.4) is 0 Å². The summed E-state index contributed by atoms with van der Waals surface area (Å²) >= 11 is 0. The zero-order chi connectivity index (χ0) is 21.1. The first kappa shape index (κ1) is 20.1. The van der Waals surface area contributed by atoms with Gasteiger partial charge in [-0.2, -0.15) is 0 Å². The number of carbonyl (C=O) groups is 3. The maximum absolute atomic E-state index is 12.6. The molecule has 0 aliphatic carbocycles. The first-order chi connectivity index (χ1) is 13.8. The van der Waals surface area contributed by atoms with Crippen LogP contribution >= 0.6 is 0 Å². The van der Waals surface area contributed by atoms with Crippen LogP contribution in [-0.2, 0) is 16.5 Å². The number of Topliss-reactive ketones (excluding diaryl/α,β-unsaturated/α-hetero) is 1. The highest BCUT2D eigenvalue weighted by Gasteiger charge is 2.19. The number of carbonyl (C=O) groups excluding carboxylic acids is 3. The molecule has 3 aromatic rings. The number of hydrogen-bond acceptors (Lipinski definition) is 5. The van der Waals surface area contributed by atoms with E-state index >= 15 is 0 Å². The third-order valence-corrected chi connectivity index (χ3v) is 4.77. The molecule has 0 atom stereocenters. The Kier molecular flexibility index (Phi) is 5.68.